The minimum Gasteiger partial charge on any atom is -0.492 e. The second-order valence-electron chi connectivity index (χ2n) is 9.33. The van der Waals surface area contributed by atoms with Crippen molar-refractivity contribution in [2.45, 2.75) is 31.9 Å². The Labute approximate surface area is 205 Å². The summed E-state index contributed by atoms with van der Waals surface area (Å²) in [6.45, 7) is 2.35. The average Bonchev–Trinajstić information content (AvgIpc) is 3.25. The predicted octanol–water partition coefficient (Wildman–Crippen LogP) is 1.90. The van der Waals surface area contributed by atoms with Crippen LogP contribution in [0, 0.1) is 12.8 Å². The minimum absolute atomic E-state index is 0.000931. The number of fused-ring (bicyclic) bond motifs is 2. The van der Waals surface area contributed by atoms with E-state index in [2.05, 4.69) is 20.3 Å². The van der Waals surface area contributed by atoms with Crippen molar-refractivity contribution < 1.29 is 34.0 Å². The summed E-state index contributed by atoms with van der Waals surface area (Å²) in [5.41, 5.74) is 2.89. The van der Waals surface area contributed by atoms with Gasteiger partial charge in [0.2, 0.25) is 6.79 Å². The summed E-state index contributed by atoms with van der Waals surface area (Å²) in [4.78, 5) is 37.7. The van der Waals surface area contributed by atoms with E-state index in [1.807, 2.05) is 6.07 Å². The fourth-order valence-electron chi connectivity index (χ4n) is 4.70. The van der Waals surface area contributed by atoms with Gasteiger partial charge in [0.1, 0.15) is 23.3 Å². The number of aromatic amines is 1. The number of nitrogens with zero attached hydrogens (tertiary/aromatic N) is 3. The number of carboxylic acid groups (broad SMARTS) is 1. The van der Waals surface area contributed by atoms with E-state index in [4.69, 9.17) is 14.2 Å². The Morgan fingerprint density at radius 1 is 1.25 bits per heavy atom. The number of hydrogen-bond donors (Lipinski definition) is 4. The number of rotatable bonds is 6. The molecule has 4 heterocycles. The lowest BCUT2D eigenvalue weighted by atomic mass is 10.1. The Hall–Kier alpha value is -4.06. The lowest BCUT2D eigenvalue weighted by molar-refractivity contribution is 0.0889. The Morgan fingerprint density at radius 2 is 2.08 bits per heavy atom. The standard InChI is InChI=1S/C24H25N5O7/c1-11-17(23(31)28-13-6-29(24(32)33)7-14(13)30)19-21(27-11)20(26-9-25-19)18-15(34-8-12-2-3-12)4-5-16-22(18)36-10-35-16/h4-5,9,12-14,27,30H,2-3,6-8,10H2,1H3,(H,28,31)(H,32,33)/t13-,14-/m1/s1. The van der Waals surface area contributed by atoms with Gasteiger partial charge in [-0.3, -0.25) is 4.79 Å². The van der Waals surface area contributed by atoms with Gasteiger partial charge in [0.05, 0.1) is 41.9 Å². The van der Waals surface area contributed by atoms with E-state index in [1.165, 1.54) is 6.33 Å². The second-order valence-corrected chi connectivity index (χ2v) is 9.33. The molecule has 36 heavy (non-hydrogen) atoms. The molecule has 12 heteroatoms. The number of carbonyl (C=O) groups excluding carboxylic acids is 1. The van der Waals surface area contributed by atoms with Crippen molar-refractivity contribution >= 4 is 23.0 Å². The lowest BCUT2D eigenvalue weighted by Crippen LogP contribution is -2.43. The van der Waals surface area contributed by atoms with Gasteiger partial charge in [-0.05, 0) is 37.8 Å². The Bertz CT molecular complexity index is 1370. The number of aryl methyl sites for hydroxylation is 1. The maximum atomic E-state index is 13.3. The number of carbonyl (C=O) groups is 2. The molecule has 1 saturated heterocycles. The van der Waals surface area contributed by atoms with E-state index in [-0.39, 0.29) is 19.9 Å². The van der Waals surface area contributed by atoms with Gasteiger partial charge >= 0.3 is 6.09 Å². The third kappa shape index (κ3) is 3.83. The quantitative estimate of drug-likeness (QED) is 0.401. The molecular weight excluding hydrogens is 470 g/mol. The van der Waals surface area contributed by atoms with Crippen molar-refractivity contribution in [2.24, 2.45) is 5.92 Å². The number of ether oxygens (including phenoxy) is 3. The van der Waals surface area contributed by atoms with E-state index < -0.39 is 24.1 Å². The van der Waals surface area contributed by atoms with Crippen LogP contribution in [0.4, 0.5) is 4.79 Å². The van der Waals surface area contributed by atoms with E-state index in [0.29, 0.717) is 63.3 Å². The van der Waals surface area contributed by atoms with E-state index >= 15 is 0 Å². The van der Waals surface area contributed by atoms with Crippen molar-refractivity contribution in [1.29, 1.82) is 0 Å². The van der Waals surface area contributed by atoms with Crippen LogP contribution in [-0.2, 0) is 0 Å². The molecule has 4 N–H and O–H groups in total. The smallest absolute Gasteiger partial charge is 0.407 e. The zero-order valence-corrected chi connectivity index (χ0v) is 19.5. The summed E-state index contributed by atoms with van der Waals surface area (Å²) in [6.07, 6.45) is 1.51. The van der Waals surface area contributed by atoms with Crippen molar-refractivity contribution in [3.8, 4) is 28.5 Å². The monoisotopic (exact) mass is 495 g/mol. The topological polar surface area (TPSA) is 159 Å². The van der Waals surface area contributed by atoms with Gasteiger partial charge in [-0.1, -0.05) is 0 Å². The molecule has 1 saturated carbocycles. The second kappa shape index (κ2) is 8.55. The first-order valence-corrected chi connectivity index (χ1v) is 11.8. The molecule has 12 nitrogen and oxygen atoms in total. The molecule has 0 bridgehead atoms. The summed E-state index contributed by atoms with van der Waals surface area (Å²) in [5, 5.41) is 22.2. The Balaban J connectivity index is 1.38. The van der Waals surface area contributed by atoms with Crippen molar-refractivity contribution in [1.82, 2.24) is 25.2 Å². The van der Waals surface area contributed by atoms with Crippen LogP contribution in [0.1, 0.15) is 28.9 Å². The van der Waals surface area contributed by atoms with Crippen LogP contribution in [0.3, 0.4) is 0 Å². The summed E-state index contributed by atoms with van der Waals surface area (Å²) < 4.78 is 17.5. The zero-order chi connectivity index (χ0) is 25.0. The molecule has 3 aliphatic rings. The first-order valence-electron chi connectivity index (χ1n) is 11.8. The highest BCUT2D eigenvalue weighted by molar-refractivity contribution is 6.09. The maximum absolute atomic E-state index is 13.3. The molecule has 2 amide bonds. The van der Waals surface area contributed by atoms with Gasteiger partial charge in [0.25, 0.3) is 5.91 Å². The van der Waals surface area contributed by atoms with Crippen molar-refractivity contribution in [3.05, 3.63) is 29.7 Å². The first-order chi connectivity index (χ1) is 17.4. The number of aliphatic hydroxyl groups excluding tert-OH is 1. The van der Waals surface area contributed by atoms with E-state index in [9.17, 15) is 19.8 Å². The molecule has 3 aromatic rings. The van der Waals surface area contributed by atoms with E-state index in [0.717, 1.165) is 17.7 Å². The number of aromatic nitrogens is 3. The number of aliphatic hydroxyl groups is 1. The fraction of sp³-hybridized carbons (Fsp3) is 0.417. The van der Waals surface area contributed by atoms with Crippen molar-refractivity contribution in [2.75, 3.05) is 26.5 Å². The molecule has 1 aliphatic carbocycles. The maximum Gasteiger partial charge on any atom is 0.407 e. The SMILES string of the molecule is Cc1[nH]c2c(-c3c(OCC4CC4)ccc4c3OCO4)ncnc2c1C(=O)N[C@@H]1CN(C(=O)O)C[C@H]1O. The third-order valence-electron chi connectivity index (χ3n) is 6.78. The average molecular weight is 495 g/mol. The lowest BCUT2D eigenvalue weighted by Gasteiger charge is -2.15. The molecule has 0 spiro atoms. The number of β-amino-alcohol motifs (C(OH)–C–C–N with tert-alkyl or cyclic N) is 1. The predicted molar refractivity (Wildman–Crippen MR) is 125 cm³/mol. The number of H-pyrrole nitrogens is 1. The summed E-state index contributed by atoms with van der Waals surface area (Å²) in [5.74, 6) is 1.77. The van der Waals surface area contributed by atoms with Gasteiger partial charge in [-0.25, -0.2) is 14.8 Å². The van der Waals surface area contributed by atoms with Crippen molar-refractivity contribution in [3.63, 3.8) is 0 Å². The molecule has 2 aliphatic heterocycles. The van der Waals surface area contributed by atoms with Crippen LogP contribution in [0.5, 0.6) is 17.2 Å². The highest BCUT2D eigenvalue weighted by Crippen LogP contribution is 2.48. The van der Waals surface area contributed by atoms with Gasteiger partial charge < -0.3 is 39.6 Å². The number of amides is 2. The number of benzene rings is 1. The molecular formula is C24H25N5O7. The third-order valence-corrected chi connectivity index (χ3v) is 6.78. The molecule has 2 fully saturated rings. The fourth-order valence-corrected chi connectivity index (χ4v) is 4.70. The molecule has 0 unspecified atom stereocenters. The van der Waals surface area contributed by atoms with Gasteiger partial charge in [0.15, 0.2) is 11.5 Å². The molecule has 2 aromatic heterocycles. The first kappa shape index (κ1) is 22.4. The van der Waals surface area contributed by atoms with Crippen LogP contribution < -0.4 is 19.5 Å². The normalized spacial score (nSPS) is 20.7. The minimum atomic E-state index is -1.15. The largest absolute Gasteiger partial charge is 0.492 e. The van der Waals surface area contributed by atoms with Crippen LogP contribution in [-0.4, -0.2) is 80.7 Å². The van der Waals surface area contributed by atoms with Gasteiger partial charge in [0, 0.05) is 12.2 Å². The zero-order valence-electron chi connectivity index (χ0n) is 19.5. The summed E-state index contributed by atoms with van der Waals surface area (Å²) >= 11 is 0. The van der Waals surface area contributed by atoms with Crippen LogP contribution in [0.2, 0.25) is 0 Å². The van der Waals surface area contributed by atoms with Gasteiger partial charge in [-0.15, -0.1) is 0 Å². The Morgan fingerprint density at radius 3 is 2.83 bits per heavy atom. The molecule has 0 radical (unpaired) electrons. The summed E-state index contributed by atoms with van der Waals surface area (Å²) in [6, 6.07) is 2.90. The number of hydrogen-bond acceptors (Lipinski definition) is 8. The highest BCUT2D eigenvalue weighted by atomic mass is 16.7. The Kier molecular flexibility index (Phi) is 5.32. The molecule has 2 atom stereocenters. The summed E-state index contributed by atoms with van der Waals surface area (Å²) in [7, 11) is 0. The molecule has 6 rings (SSSR count). The number of nitrogens with one attached hydrogen (secondary N) is 2. The number of likely N-dealkylation sites (tertiary alicyclic amines) is 1. The van der Waals surface area contributed by atoms with Gasteiger partial charge in [-0.2, -0.15) is 0 Å². The highest BCUT2D eigenvalue weighted by Gasteiger charge is 2.36. The van der Waals surface area contributed by atoms with Crippen LogP contribution in [0.15, 0.2) is 18.5 Å². The van der Waals surface area contributed by atoms with Crippen LogP contribution >= 0.6 is 0 Å². The van der Waals surface area contributed by atoms with Crippen LogP contribution in [0.25, 0.3) is 22.3 Å². The molecule has 188 valence electrons. The molecule has 1 aromatic carbocycles. The van der Waals surface area contributed by atoms with E-state index in [1.54, 1.807) is 13.0 Å².